The highest BCUT2D eigenvalue weighted by Crippen LogP contribution is 2.33. The average Bonchev–Trinajstić information content (AvgIpc) is 3.27. The number of methoxy groups -OCH3 is 4. The van der Waals surface area contributed by atoms with Gasteiger partial charge in [0.25, 0.3) is 0 Å². The molecule has 0 spiro atoms. The summed E-state index contributed by atoms with van der Waals surface area (Å²) in [5.74, 6) is 3.45. The van der Waals surface area contributed by atoms with Crippen LogP contribution in [0.1, 0.15) is 0 Å². The number of rotatable bonds is 8. The molecule has 4 aromatic carbocycles. The summed E-state index contributed by atoms with van der Waals surface area (Å²) in [6, 6.07) is 28.6. The van der Waals surface area contributed by atoms with Crippen molar-refractivity contribution >= 4 is 40.5 Å². The monoisotopic (exact) mass is 536 g/mol. The number of benzene rings is 4. The summed E-state index contributed by atoms with van der Waals surface area (Å²) in [4.78, 5) is 27.1. The van der Waals surface area contributed by atoms with Crippen molar-refractivity contribution in [3.63, 3.8) is 0 Å². The largest absolute Gasteiger partial charge is 0.497 e. The van der Waals surface area contributed by atoms with Crippen LogP contribution < -0.4 is 28.7 Å². The third-order valence-corrected chi connectivity index (χ3v) is 6.28. The second-order valence-electron chi connectivity index (χ2n) is 8.62. The fraction of sp³-hybridized carbons (Fsp3) is 0.129. The van der Waals surface area contributed by atoms with Gasteiger partial charge in [-0.25, -0.2) is 24.6 Å². The first-order valence-corrected chi connectivity index (χ1v) is 12.4. The SMILES string of the molecule is COc1ccc(N=C2C(=Nc3ccc(OC)cc3)N(c3ccc(OC)cc3)C(=O)N2c2ccc(OC)cc2)cc1. The molecule has 0 atom stereocenters. The van der Waals surface area contributed by atoms with E-state index in [0.717, 1.165) is 0 Å². The Morgan fingerprint density at radius 3 is 1.00 bits per heavy atom. The Morgan fingerprint density at radius 1 is 0.450 bits per heavy atom. The van der Waals surface area contributed by atoms with Crippen LogP contribution in [0.25, 0.3) is 0 Å². The van der Waals surface area contributed by atoms with E-state index in [2.05, 4.69) is 0 Å². The normalized spacial score (nSPS) is 15.1. The number of amides is 2. The number of hydrogen-bond donors (Lipinski definition) is 0. The van der Waals surface area contributed by atoms with Gasteiger partial charge in [-0.3, -0.25) is 0 Å². The minimum Gasteiger partial charge on any atom is -0.497 e. The molecule has 1 aliphatic heterocycles. The molecule has 0 radical (unpaired) electrons. The van der Waals surface area contributed by atoms with Crippen LogP contribution in [0.4, 0.5) is 27.5 Å². The van der Waals surface area contributed by atoms with E-state index < -0.39 is 0 Å². The molecule has 1 saturated heterocycles. The highest BCUT2D eigenvalue weighted by Gasteiger charge is 2.43. The zero-order valence-corrected chi connectivity index (χ0v) is 22.6. The quantitative estimate of drug-likeness (QED) is 0.252. The van der Waals surface area contributed by atoms with Gasteiger partial charge >= 0.3 is 6.03 Å². The van der Waals surface area contributed by atoms with Gasteiger partial charge in [-0.2, -0.15) is 0 Å². The first-order chi connectivity index (χ1) is 19.5. The second kappa shape index (κ2) is 11.6. The Hall–Kier alpha value is -5.31. The van der Waals surface area contributed by atoms with Crippen LogP contribution in [0.2, 0.25) is 0 Å². The number of urea groups is 1. The van der Waals surface area contributed by atoms with Crippen molar-refractivity contribution in [2.45, 2.75) is 0 Å². The number of carbonyl (C=O) groups excluding carboxylic acids is 1. The zero-order valence-electron chi connectivity index (χ0n) is 22.6. The first-order valence-electron chi connectivity index (χ1n) is 12.4. The third kappa shape index (κ3) is 5.30. The van der Waals surface area contributed by atoms with Gasteiger partial charge in [0.2, 0.25) is 0 Å². The van der Waals surface area contributed by atoms with Gasteiger partial charge in [0.05, 0.1) is 51.2 Å². The van der Waals surface area contributed by atoms with Gasteiger partial charge in [0, 0.05) is 0 Å². The van der Waals surface area contributed by atoms with Crippen molar-refractivity contribution in [3.05, 3.63) is 97.1 Å². The number of amidine groups is 2. The molecular weight excluding hydrogens is 508 g/mol. The predicted octanol–water partition coefficient (Wildman–Crippen LogP) is 6.63. The third-order valence-electron chi connectivity index (χ3n) is 6.28. The number of hydrogen-bond acceptors (Lipinski definition) is 7. The maximum Gasteiger partial charge on any atom is 0.340 e. The molecule has 40 heavy (non-hydrogen) atoms. The molecule has 0 aliphatic carbocycles. The molecule has 0 aromatic heterocycles. The summed E-state index contributed by atoms with van der Waals surface area (Å²) in [5, 5.41) is 0. The van der Waals surface area contributed by atoms with Crippen LogP contribution >= 0.6 is 0 Å². The van der Waals surface area contributed by atoms with Crippen LogP contribution in [0, 0.1) is 0 Å². The Bertz CT molecular complexity index is 1410. The molecule has 1 aliphatic rings. The molecule has 0 bridgehead atoms. The van der Waals surface area contributed by atoms with Crippen LogP contribution in [0.3, 0.4) is 0 Å². The standard InChI is InChI=1S/C31H28N4O5/c1-37-25-13-5-21(6-14-25)32-29-30(33-22-7-15-26(38-2)16-8-22)35(24-11-19-28(40-4)20-12-24)31(36)34(29)23-9-17-27(39-3)18-10-23/h5-20H,1-4H3. The van der Waals surface area contributed by atoms with Crippen molar-refractivity contribution in [2.24, 2.45) is 9.98 Å². The fourth-order valence-electron chi connectivity index (χ4n) is 4.17. The number of ether oxygens (including phenoxy) is 4. The molecule has 202 valence electrons. The molecule has 0 unspecified atom stereocenters. The molecule has 2 amide bonds. The van der Waals surface area contributed by atoms with E-state index in [1.165, 1.54) is 9.80 Å². The van der Waals surface area contributed by atoms with Gasteiger partial charge in [-0.15, -0.1) is 0 Å². The lowest BCUT2D eigenvalue weighted by Gasteiger charge is -2.18. The van der Waals surface area contributed by atoms with Crippen molar-refractivity contribution in [1.29, 1.82) is 0 Å². The van der Waals surface area contributed by atoms with E-state index >= 15 is 0 Å². The lowest BCUT2D eigenvalue weighted by molar-refractivity contribution is 0.257. The predicted molar refractivity (Wildman–Crippen MR) is 157 cm³/mol. The summed E-state index contributed by atoms with van der Waals surface area (Å²) < 4.78 is 21.3. The minimum atomic E-state index is -0.338. The van der Waals surface area contributed by atoms with Crippen molar-refractivity contribution in [1.82, 2.24) is 0 Å². The fourth-order valence-corrected chi connectivity index (χ4v) is 4.17. The Kier molecular flexibility index (Phi) is 7.63. The van der Waals surface area contributed by atoms with Crippen molar-refractivity contribution in [3.8, 4) is 23.0 Å². The topological polar surface area (TPSA) is 85.2 Å². The van der Waals surface area contributed by atoms with Gasteiger partial charge in [0.1, 0.15) is 23.0 Å². The van der Waals surface area contributed by atoms with E-state index in [4.69, 9.17) is 28.9 Å². The average molecular weight is 537 g/mol. The first kappa shape index (κ1) is 26.3. The van der Waals surface area contributed by atoms with E-state index in [1.54, 1.807) is 52.7 Å². The van der Waals surface area contributed by atoms with Crippen molar-refractivity contribution in [2.75, 3.05) is 38.2 Å². The van der Waals surface area contributed by atoms with Crippen LogP contribution in [0.15, 0.2) is 107 Å². The minimum absolute atomic E-state index is 0.338. The summed E-state index contributed by atoms with van der Waals surface area (Å²) >= 11 is 0. The van der Waals surface area contributed by atoms with E-state index in [9.17, 15) is 4.79 Å². The molecule has 9 heteroatoms. The summed E-state index contributed by atoms with van der Waals surface area (Å²) in [6.45, 7) is 0. The maximum absolute atomic E-state index is 14.2. The molecular formula is C31H28N4O5. The van der Waals surface area contributed by atoms with Crippen molar-refractivity contribution < 1.29 is 23.7 Å². The van der Waals surface area contributed by atoms with E-state index in [-0.39, 0.29) is 6.03 Å². The highest BCUT2D eigenvalue weighted by molar-refractivity contribution is 6.64. The van der Waals surface area contributed by atoms with E-state index in [1.807, 2.05) is 72.8 Å². The summed E-state index contributed by atoms with van der Waals surface area (Å²) in [5.41, 5.74) is 2.47. The lowest BCUT2D eigenvalue weighted by Crippen LogP contribution is -2.33. The van der Waals surface area contributed by atoms with Gasteiger partial charge in [0.15, 0.2) is 11.7 Å². The zero-order chi connectivity index (χ0) is 28.1. The van der Waals surface area contributed by atoms with Crippen LogP contribution in [0.5, 0.6) is 23.0 Å². The number of aliphatic imine (C=N–C) groups is 2. The maximum atomic E-state index is 14.2. The molecule has 9 nitrogen and oxygen atoms in total. The van der Waals surface area contributed by atoms with E-state index in [0.29, 0.717) is 57.4 Å². The van der Waals surface area contributed by atoms with Gasteiger partial charge < -0.3 is 18.9 Å². The molecule has 5 rings (SSSR count). The number of anilines is 2. The smallest absolute Gasteiger partial charge is 0.340 e. The van der Waals surface area contributed by atoms with Crippen LogP contribution in [-0.4, -0.2) is 46.1 Å². The lowest BCUT2D eigenvalue weighted by atomic mass is 10.2. The molecule has 1 heterocycles. The Morgan fingerprint density at radius 2 is 0.725 bits per heavy atom. The Labute approximate surface area is 232 Å². The second-order valence-corrected chi connectivity index (χ2v) is 8.62. The van der Waals surface area contributed by atoms with Gasteiger partial charge in [-0.05, 0) is 97.1 Å². The Balaban J connectivity index is 1.71. The van der Waals surface area contributed by atoms with Crippen LogP contribution in [-0.2, 0) is 0 Å². The molecule has 0 saturated carbocycles. The van der Waals surface area contributed by atoms with Gasteiger partial charge in [-0.1, -0.05) is 0 Å². The summed E-state index contributed by atoms with van der Waals surface area (Å²) in [7, 11) is 6.40. The molecule has 4 aromatic rings. The molecule has 1 fully saturated rings. The highest BCUT2D eigenvalue weighted by atomic mass is 16.5. The summed E-state index contributed by atoms with van der Waals surface area (Å²) in [6.07, 6.45) is 0. The number of nitrogens with zero attached hydrogens (tertiary/aromatic N) is 4. The number of carbonyl (C=O) groups is 1. The molecule has 0 N–H and O–H groups in total.